The van der Waals surface area contributed by atoms with Gasteiger partial charge in [0.2, 0.25) is 5.36 Å². The molecule has 0 radical (unpaired) electrons. The molecule has 0 bridgehead atoms. The van der Waals surface area contributed by atoms with Gasteiger partial charge in [0.25, 0.3) is 0 Å². The predicted molar refractivity (Wildman–Crippen MR) is 193 cm³/mol. The molecular weight excluding hydrogens is 553 g/mol. The second kappa shape index (κ2) is 13.1. The average molecular weight is 590 g/mol. The summed E-state index contributed by atoms with van der Waals surface area (Å²) in [5.74, 6) is 0. The van der Waals surface area contributed by atoms with Crippen LogP contribution in [0.3, 0.4) is 0 Å². The Bertz CT molecular complexity index is 1840. The molecule has 0 amide bonds. The van der Waals surface area contributed by atoms with Crippen molar-refractivity contribution in [1.29, 1.82) is 0 Å². The van der Waals surface area contributed by atoms with Crippen molar-refractivity contribution in [2.24, 2.45) is 0 Å². The van der Waals surface area contributed by atoms with Crippen LogP contribution in [0.25, 0.3) is 20.8 Å². The summed E-state index contributed by atoms with van der Waals surface area (Å²) in [7, 11) is 6.04. The van der Waals surface area contributed by atoms with E-state index in [1.54, 1.807) is 11.3 Å². The van der Waals surface area contributed by atoms with Crippen LogP contribution in [0.15, 0.2) is 158 Å². The number of hydrogen-bond donors (Lipinski definition) is 1. The normalized spacial score (nSPS) is 11.1. The first-order chi connectivity index (χ1) is 21.6. The Kier molecular flexibility index (Phi) is 8.67. The molecule has 0 fully saturated rings. The van der Waals surface area contributed by atoms with Gasteiger partial charge in [-0.15, -0.1) is 11.3 Å². The van der Waals surface area contributed by atoms with Gasteiger partial charge in [0.1, 0.15) is 20.2 Å². The molecule has 1 aliphatic carbocycles. The monoisotopic (exact) mass is 589 g/mol. The van der Waals surface area contributed by atoms with Crippen molar-refractivity contribution < 1.29 is 0 Å². The maximum Gasteiger partial charge on any atom is 0.201 e. The molecule has 0 atom stereocenters. The van der Waals surface area contributed by atoms with E-state index in [0.717, 1.165) is 16.9 Å². The van der Waals surface area contributed by atoms with Crippen molar-refractivity contribution in [1.82, 2.24) is 9.56 Å². The number of aromatic nitrogens is 1. The number of nitrogens with zero attached hydrogens (tertiary/aromatic N) is 2. The molecule has 1 heterocycles. The summed E-state index contributed by atoms with van der Waals surface area (Å²) in [6, 6.07) is 56.2. The molecule has 5 aromatic rings. The lowest BCUT2D eigenvalue weighted by Gasteiger charge is -2.44. The molecule has 44 heavy (non-hydrogen) atoms. The number of rotatable bonds is 5. The molecule has 1 aliphatic heterocycles. The molecule has 0 saturated heterocycles. The second-order valence-electron chi connectivity index (χ2n) is 11.2. The number of nitrogens with one attached hydrogen (secondary N) is 1. The zero-order valence-electron chi connectivity index (χ0n) is 25.4. The first-order valence-electron chi connectivity index (χ1n) is 15.0. The van der Waals surface area contributed by atoms with Crippen molar-refractivity contribution >= 4 is 55.2 Å². The van der Waals surface area contributed by atoms with Gasteiger partial charge in [0, 0.05) is 24.9 Å². The van der Waals surface area contributed by atoms with Gasteiger partial charge >= 0.3 is 0 Å². The lowest BCUT2D eigenvalue weighted by atomic mass is 9.13. The zero-order chi connectivity index (χ0) is 30.4. The smallest absolute Gasteiger partial charge is 0.201 e. The Labute approximate surface area is 264 Å². The van der Waals surface area contributed by atoms with Crippen molar-refractivity contribution in [3.63, 3.8) is 0 Å². The van der Waals surface area contributed by atoms with Crippen LogP contribution in [0.5, 0.6) is 0 Å². The van der Waals surface area contributed by atoms with Crippen molar-refractivity contribution in [3.8, 4) is 10.6 Å². The number of fused-ring (bicyclic) bond motifs is 2. The van der Waals surface area contributed by atoms with E-state index in [4.69, 9.17) is 4.98 Å². The molecule has 0 aromatic heterocycles. The highest BCUT2D eigenvalue weighted by Gasteiger charge is 2.31. The predicted octanol–water partition coefficient (Wildman–Crippen LogP) is 5.54. The largest absolute Gasteiger partial charge is 0.388 e. The Balaban J connectivity index is 0.000000162. The van der Waals surface area contributed by atoms with Crippen LogP contribution in [0.1, 0.15) is 0 Å². The fourth-order valence-corrected chi connectivity index (χ4v) is 7.21. The van der Waals surface area contributed by atoms with E-state index < -0.39 is 6.15 Å². The van der Waals surface area contributed by atoms with Crippen LogP contribution >= 0.6 is 11.3 Å². The van der Waals surface area contributed by atoms with Gasteiger partial charge < -0.3 is 5.32 Å². The van der Waals surface area contributed by atoms with E-state index in [0.29, 0.717) is 0 Å². The summed E-state index contributed by atoms with van der Waals surface area (Å²) < 4.78 is 3.32. The summed E-state index contributed by atoms with van der Waals surface area (Å²) in [6.07, 6.45) is -1.22. The number of anilines is 1. The van der Waals surface area contributed by atoms with Crippen LogP contribution in [0, 0.1) is 0 Å². The van der Waals surface area contributed by atoms with Crippen LogP contribution in [0.2, 0.25) is 0 Å². The SMILES string of the molecule is CNc1ccc2nc3ccc(=[N+](C)C)cc-3sc2c1.c1ccc([B-](c2ccccc2)(c2ccccc2)c2ccccc2)cc1. The Morgan fingerprint density at radius 2 is 1.05 bits per heavy atom. The maximum absolute atomic E-state index is 4.72. The van der Waals surface area contributed by atoms with E-state index in [1.807, 2.05) is 7.05 Å². The molecule has 0 unspecified atom stereocenters. The molecule has 216 valence electrons. The van der Waals surface area contributed by atoms with E-state index in [1.165, 1.54) is 36.8 Å². The van der Waals surface area contributed by atoms with E-state index >= 15 is 0 Å². The van der Waals surface area contributed by atoms with E-state index in [2.05, 4.69) is 182 Å². The van der Waals surface area contributed by atoms with Crippen LogP contribution in [-0.4, -0.2) is 32.3 Å². The van der Waals surface area contributed by atoms with Crippen molar-refractivity contribution in [2.75, 3.05) is 26.5 Å². The molecular formula is C39H36BN3S. The molecule has 2 aliphatic rings. The third kappa shape index (κ3) is 5.79. The summed E-state index contributed by atoms with van der Waals surface area (Å²) in [5, 5.41) is 4.37. The topological polar surface area (TPSA) is 27.9 Å². The molecule has 5 heteroatoms. The highest BCUT2D eigenvalue weighted by Crippen LogP contribution is 2.30. The van der Waals surface area contributed by atoms with Gasteiger partial charge in [0.05, 0.1) is 20.8 Å². The number of benzene rings is 6. The third-order valence-electron chi connectivity index (χ3n) is 8.37. The van der Waals surface area contributed by atoms with Gasteiger partial charge in [-0.2, -0.15) is 21.9 Å². The van der Waals surface area contributed by atoms with Crippen molar-refractivity contribution in [2.45, 2.75) is 0 Å². The quantitative estimate of drug-likeness (QED) is 0.162. The lowest BCUT2D eigenvalue weighted by Crippen LogP contribution is -2.74. The minimum Gasteiger partial charge on any atom is -0.388 e. The zero-order valence-corrected chi connectivity index (χ0v) is 26.2. The summed E-state index contributed by atoms with van der Waals surface area (Å²) in [6.45, 7) is 0. The van der Waals surface area contributed by atoms with Gasteiger partial charge in [-0.25, -0.2) is 9.56 Å². The number of hydrogen-bond acceptors (Lipinski definition) is 3. The van der Waals surface area contributed by atoms with Gasteiger partial charge in [-0.3, -0.25) is 0 Å². The van der Waals surface area contributed by atoms with Gasteiger partial charge in [0.15, 0.2) is 0 Å². The fraction of sp³-hybridized carbons (Fsp3) is 0.0769. The fourth-order valence-electron chi connectivity index (χ4n) is 6.17. The average Bonchev–Trinajstić information content (AvgIpc) is 3.09. The highest BCUT2D eigenvalue weighted by molar-refractivity contribution is 7.21. The lowest BCUT2D eigenvalue weighted by molar-refractivity contribution is 0.814. The van der Waals surface area contributed by atoms with Crippen LogP contribution in [-0.2, 0) is 0 Å². The highest BCUT2D eigenvalue weighted by atomic mass is 32.1. The Morgan fingerprint density at radius 1 is 0.568 bits per heavy atom. The molecule has 5 aromatic carbocycles. The summed E-state index contributed by atoms with van der Waals surface area (Å²) in [4.78, 5) is 5.93. The summed E-state index contributed by atoms with van der Waals surface area (Å²) >= 11 is 1.78. The maximum atomic E-state index is 4.72. The van der Waals surface area contributed by atoms with Gasteiger partial charge in [-0.05, 0) is 24.3 Å². The van der Waals surface area contributed by atoms with Crippen LogP contribution in [0.4, 0.5) is 5.69 Å². The standard InChI is InChI=1S/C24H20B.C15H15N3S/c1-5-13-21(14-6-1)25(22-15-7-2-8-16-22,23-17-9-3-10-18-23)24-19-11-4-12-20-24;1-16-10-4-6-12-14(8-10)19-15-9-11(18(2)3)5-7-13(15)17-12/h1-20H;4-9H,1-3H3/q-1;/p+1. The first-order valence-corrected chi connectivity index (χ1v) is 15.8. The van der Waals surface area contributed by atoms with Crippen LogP contribution < -0.4 is 37.1 Å². The first kappa shape index (κ1) is 29.1. The van der Waals surface area contributed by atoms with Gasteiger partial charge in [-0.1, -0.05) is 121 Å². The molecule has 0 saturated carbocycles. The second-order valence-corrected chi connectivity index (χ2v) is 12.3. The molecule has 7 rings (SSSR count). The van der Waals surface area contributed by atoms with Crippen molar-refractivity contribution in [3.05, 3.63) is 163 Å². The Morgan fingerprint density at radius 3 is 1.48 bits per heavy atom. The Hall–Kier alpha value is -5.00. The summed E-state index contributed by atoms with van der Waals surface area (Å²) in [5.41, 5.74) is 8.58. The minimum atomic E-state index is -1.22. The minimum absolute atomic E-state index is 1.05. The van der Waals surface area contributed by atoms with E-state index in [9.17, 15) is 0 Å². The molecule has 0 spiro atoms. The molecule has 3 nitrogen and oxygen atoms in total. The third-order valence-corrected chi connectivity index (χ3v) is 9.46. The van der Waals surface area contributed by atoms with E-state index in [-0.39, 0.29) is 0 Å². The molecule has 1 N–H and O–H groups in total.